The van der Waals surface area contributed by atoms with Crippen LogP contribution in [0.1, 0.15) is 27.9 Å². The van der Waals surface area contributed by atoms with Gasteiger partial charge in [0, 0.05) is 18.7 Å². The van der Waals surface area contributed by atoms with Crippen molar-refractivity contribution in [1.29, 1.82) is 0 Å². The Morgan fingerprint density at radius 1 is 1.12 bits per heavy atom. The number of hydrogen-bond donors (Lipinski definition) is 2. The molecule has 0 saturated carbocycles. The van der Waals surface area contributed by atoms with Crippen LogP contribution in [-0.4, -0.2) is 40.6 Å². The molecule has 1 amide bonds. The van der Waals surface area contributed by atoms with Crippen molar-refractivity contribution in [3.05, 3.63) is 59.2 Å². The number of aliphatic carboxylic acids is 1. The Labute approximate surface area is 151 Å². The van der Waals surface area contributed by atoms with Gasteiger partial charge in [-0.2, -0.15) is 0 Å². The number of likely N-dealkylation sites (tertiary alicyclic amines) is 1. The van der Waals surface area contributed by atoms with E-state index in [-0.39, 0.29) is 18.9 Å². The average Bonchev–Trinajstić information content (AvgIpc) is 3.03. The van der Waals surface area contributed by atoms with Crippen LogP contribution in [0, 0.1) is 13.8 Å². The lowest BCUT2D eigenvalue weighted by atomic mass is 10.1. The lowest BCUT2D eigenvalue weighted by Gasteiger charge is -2.20. The number of rotatable bonds is 4. The maximum absolute atomic E-state index is 14.3. The number of amides is 1. The molecule has 2 N–H and O–H groups in total. The highest BCUT2D eigenvalue weighted by atomic mass is 19.1. The number of aryl methyl sites for hydroxylation is 1. The Hall–Kier alpha value is -2.89. The molecule has 0 aromatic heterocycles. The smallest absolute Gasteiger partial charge is 0.343 e. The molecule has 136 valence electrons. The van der Waals surface area contributed by atoms with Crippen molar-refractivity contribution >= 4 is 23.3 Å². The van der Waals surface area contributed by atoms with Crippen LogP contribution in [0.25, 0.3) is 0 Å². The van der Waals surface area contributed by atoms with Crippen LogP contribution >= 0.6 is 0 Å². The average molecular weight is 356 g/mol. The van der Waals surface area contributed by atoms with Gasteiger partial charge in [0.25, 0.3) is 5.91 Å². The first kappa shape index (κ1) is 17.9. The van der Waals surface area contributed by atoms with Crippen LogP contribution in [0.15, 0.2) is 42.5 Å². The van der Waals surface area contributed by atoms with E-state index < -0.39 is 18.2 Å². The Balaban J connectivity index is 1.87. The Bertz CT molecular complexity index is 868. The van der Waals surface area contributed by atoms with E-state index in [1.807, 2.05) is 38.1 Å². The van der Waals surface area contributed by atoms with Crippen molar-refractivity contribution in [3.63, 3.8) is 0 Å². The molecule has 0 radical (unpaired) electrons. The van der Waals surface area contributed by atoms with Crippen LogP contribution in [0.3, 0.4) is 0 Å². The molecule has 5 nitrogen and oxygen atoms in total. The van der Waals surface area contributed by atoms with E-state index in [4.69, 9.17) is 5.11 Å². The van der Waals surface area contributed by atoms with E-state index in [0.29, 0.717) is 11.3 Å². The topological polar surface area (TPSA) is 69.6 Å². The molecule has 1 unspecified atom stereocenters. The monoisotopic (exact) mass is 356 g/mol. The van der Waals surface area contributed by atoms with Gasteiger partial charge in [-0.3, -0.25) is 4.79 Å². The molecule has 1 heterocycles. The SMILES string of the molecule is Cc1cccc(Nc2ccccc2C(=O)N2CCC(F)(C(=O)O)C2)c1C. The van der Waals surface area contributed by atoms with E-state index in [0.717, 1.165) is 16.8 Å². The Morgan fingerprint density at radius 3 is 2.50 bits per heavy atom. The second kappa shape index (κ2) is 6.78. The second-order valence-electron chi connectivity index (χ2n) is 6.67. The predicted octanol–water partition coefficient (Wildman–Crippen LogP) is 3.69. The zero-order valence-corrected chi connectivity index (χ0v) is 14.8. The fraction of sp³-hybridized carbons (Fsp3) is 0.300. The maximum atomic E-state index is 14.3. The van der Waals surface area contributed by atoms with Gasteiger partial charge >= 0.3 is 5.97 Å². The highest BCUT2D eigenvalue weighted by Crippen LogP contribution is 2.30. The fourth-order valence-electron chi connectivity index (χ4n) is 3.10. The number of halogens is 1. The largest absolute Gasteiger partial charge is 0.479 e. The standard InChI is InChI=1S/C20H21FN2O3/c1-13-6-5-9-16(14(13)2)22-17-8-4-3-7-15(17)18(24)23-11-10-20(21,12-23)19(25)26/h3-9,22H,10-12H2,1-2H3,(H,25,26). The van der Waals surface area contributed by atoms with Crippen LogP contribution in [-0.2, 0) is 4.79 Å². The first-order valence-electron chi connectivity index (χ1n) is 8.46. The van der Waals surface area contributed by atoms with E-state index >= 15 is 0 Å². The summed E-state index contributed by atoms with van der Waals surface area (Å²) in [6.45, 7) is 3.65. The number of hydrogen-bond acceptors (Lipinski definition) is 3. The van der Waals surface area contributed by atoms with Crippen molar-refractivity contribution in [3.8, 4) is 0 Å². The lowest BCUT2D eigenvalue weighted by molar-refractivity contribution is -0.149. The van der Waals surface area contributed by atoms with Gasteiger partial charge in [0.05, 0.1) is 17.8 Å². The summed E-state index contributed by atoms with van der Waals surface area (Å²) in [6.07, 6.45) is -0.194. The van der Waals surface area contributed by atoms with Crippen molar-refractivity contribution in [2.24, 2.45) is 0 Å². The third-order valence-electron chi connectivity index (χ3n) is 4.92. The molecule has 2 aromatic carbocycles. The molecule has 1 aliphatic rings. The van der Waals surface area contributed by atoms with E-state index in [1.165, 1.54) is 4.90 Å². The Kier molecular flexibility index (Phi) is 4.68. The van der Waals surface area contributed by atoms with Gasteiger partial charge in [0.15, 0.2) is 0 Å². The molecule has 26 heavy (non-hydrogen) atoms. The van der Waals surface area contributed by atoms with Gasteiger partial charge in [-0.15, -0.1) is 0 Å². The third kappa shape index (κ3) is 3.27. The summed E-state index contributed by atoms with van der Waals surface area (Å²) in [4.78, 5) is 25.2. The minimum absolute atomic E-state index is 0.0828. The number of carbonyl (C=O) groups is 2. The lowest BCUT2D eigenvalue weighted by Crippen LogP contribution is -2.39. The molecule has 3 rings (SSSR count). The number of para-hydroxylation sites is 1. The Morgan fingerprint density at radius 2 is 1.81 bits per heavy atom. The molecular weight excluding hydrogens is 335 g/mol. The summed E-state index contributed by atoms with van der Waals surface area (Å²) >= 11 is 0. The minimum atomic E-state index is -2.37. The number of carboxylic acids is 1. The van der Waals surface area contributed by atoms with Crippen molar-refractivity contribution in [2.45, 2.75) is 25.9 Å². The van der Waals surface area contributed by atoms with Crippen LogP contribution in [0.5, 0.6) is 0 Å². The molecule has 1 aliphatic heterocycles. The zero-order valence-electron chi connectivity index (χ0n) is 14.8. The number of carbonyl (C=O) groups excluding carboxylic acids is 1. The van der Waals surface area contributed by atoms with Gasteiger partial charge in [0.1, 0.15) is 0 Å². The summed E-state index contributed by atoms with van der Waals surface area (Å²) < 4.78 is 14.3. The molecule has 1 atom stereocenters. The van der Waals surface area contributed by atoms with Crippen LogP contribution in [0.2, 0.25) is 0 Å². The highest BCUT2D eigenvalue weighted by Gasteiger charge is 2.47. The summed E-state index contributed by atoms with van der Waals surface area (Å²) in [7, 11) is 0. The molecule has 0 aliphatic carbocycles. The van der Waals surface area contributed by atoms with Gasteiger partial charge in [-0.25, -0.2) is 9.18 Å². The molecule has 1 saturated heterocycles. The molecule has 6 heteroatoms. The van der Waals surface area contributed by atoms with Crippen molar-refractivity contribution < 1.29 is 19.1 Å². The summed E-state index contributed by atoms with van der Waals surface area (Å²) in [5.41, 5.74) is 1.72. The molecule has 0 spiro atoms. The van der Waals surface area contributed by atoms with E-state index in [2.05, 4.69) is 5.32 Å². The van der Waals surface area contributed by atoms with E-state index in [9.17, 15) is 14.0 Å². The number of anilines is 2. The maximum Gasteiger partial charge on any atom is 0.343 e. The third-order valence-corrected chi connectivity index (χ3v) is 4.92. The first-order chi connectivity index (χ1) is 12.3. The van der Waals surface area contributed by atoms with Gasteiger partial charge in [-0.1, -0.05) is 24.3 Å². The van der Waals surface area contributed by atoms with Gasteiger partial charge in [-0.05, 0) is 43.2 Å². The van der Waals surface area contributed by atoms with Crippen molar-refractivity contribution in [1.82, 2.24) is 4.90 Å². The summed E-state index contributed by atoms with van der Waals surface area (Å²) in [6, 6.07) is 12.9. The quantitative estimate of drug-likeness (QED) is 0.877. The molecule has 2 aromatic rings. The van der Waals surface area contributed by atoms with Crippen LogP contribution < -0.4 is 5.32 Å². The number of alkyl halides is 1. The highest BCUT2D eigenvalue weighted by molar-refractivity contribution is 6.01. The van der Waals surface area contributed by atoms with Gasteiger partial charge in [0.2, 0.25) is 5.67 Å². The summed E-state index contributed by atoms with van der Waals surface area (Å²) in [5, 5.41) is 12.3. The van der Waals surface area contributed by atoms with E-state index in [1.54, 1.807) is 18.2 Å². The van der Waals surface area contributed by atoms with Crippen LogP contribution in [0.4, 0.5) is 15.8 Å². The number of nitrogens with one attached hydrogen (secondary N) is 1. The van der Waals surface area contributed by atoms with Crippen molar-refractivity contribution in [2.75, 3.05) is 18.4 Å². The normalized spacial score (nSPS) is 19.4. The molecular formula is C20H21FN2O3. The predicted molar refractivity (Wildman–Crippen MR) is 97.6 cm³/mol. The first-order valence-corrected chi connectivity index (χ1v) is 8.46. The molecule has 0 bridgehead atoms. The van der Waals surface area contributed by atoms with Gasteiger partial charge < -0.3 is 15.3 Å². The zero-order chi connectivity index (χ0) is 18.9. The fourth-order valence-corrected chi connectivity index (χ4v) is 3.10. The number of benzene rings is 2. The number of nitrogens with zero attached hydrogens (tertiary/aromatic N) is 1. The number of carboxylic acid groups (broad SMARTS) is 1. The minimum Gasteiger partial charge on any atom is -0.479 e. The molecule has 1 fully saturated rings. The second-order valence-corrected chi connectivity index (χ2v) is 6.67. The summed E-state index contributed by atoms with van der Waals surface area (Å²) in [5.74, 6) is -1.89.